The Morgan fingerprint density at radius 1 is 1.16 bits per heavy atom. The summed E-state index contributed by atoms with van der Waals surface area (Å²) in [4.78, 5) is 27.7. The molecule has 3 atom stereocenters. The Morgan fingerprint density at radius 3 is 2.47 bits per heavy atom. The van der Waals surface area contributed by atoms with Gasteiger partial charge in [0, 0.05) is 36.3 Å². The van der Waals surface area contributed by atoms with Crippen LogP contribution in [0.15, 0.2) is 66.9 Å². The fourth-order valence-corrected chi connectivity index (χ4v) is 3.92. The van der Waals surface area contributed by atoms with Crippen molar-refractivity contribution in [3.8, 4) is 17.1 Å². The zero-order valence-electron chi connectivity index (χ0n) is 20.9. The Bertz CT molecular complexity index is 1440. The number of ether oxygens (including phenoxy) is 1. The average molecular weight is 522 g/mol. The first-order valence-corrected chi connectivity index (χ1v) is 12.0. The number of benzene rings is 2. The number of hydrogen-bond donors (Lipinski definition) is 3. The van der Waals surface area contributed by atoms with Gasteiger partial charge in [-0.1, -0.05) is 24.3 Å². The third-order valence-corrected chi connectivity index (χ3v) is 5.94. The number of aliphatic hydroxyl groups is 1. The second-order valence-corrected chi connectivity index (χ2v) is 8.93. The predicted octanol–water partition coefficient (Wildman–Crippen LogP) is 3.19. The first kappa shape index (κ1) is 26.7. The Labute approximate surface area is 218 Å². The van der Waals surface area contributed by atoms with Crippen LogP contribution in [0.3, 0.4) is 0 Å². The molecule has 4 aromatic rings. The largest absolute Gasteiger partial charge is 0.479 e. The van der Waals surface area contributed by atoms with Crippen molar-refractivity contribution in [3.05, 3.63) is 78.2 Å². The standard InChI is InChI=1S/C24H22FN5O2.C3H6O3/c1-15(17-3-2-4-18(25)11-17)32-23-10-9-22-27-13-21(30(22)28-23)16-5-7-20(8-6-16)29-14-19(26)12-24(29)31;1-2(4)3(5)6/h2-11,13,15,19H,12,14,26H2,1H3;2,4H,1H3,(H,5,6)/t15-,19+;/m1./s1. The summed E-state index contributed by atoms with van der Waals surface area (Å²) < 4.78 is 21.2. The molecule has 1 aliphatic rings. The van der Waals surface area contributed by atoms with Crippen molar-refractivity contribution in [2.45, 2.75) is 38.5 Å². The van der Waals surface area contributed by atoms with Gasteiger partial charge >= 0.3 is 5.97 Å². The molecule has 0 aliphatic carbocycles. The molecule has 2 aromatic carbocycles. The van der Waals surface area contributed by atoms with E-state index >= 15 is 0 Å². The summed E-state index contributed by atoms with van der Waals surface area (Å²) in [6, 6.07) is 17.4. The van der Waals surface area contributed by atoms with Crippen LogP contribution in [0.4, 0.5) is 10.1 Å². The van der Waals surface area contributed by atoms with Crippen molar-refractivity contribution in [3.63, 3.8) is 0 Å². The van der Waals surface area contributed by atoms with Gasteiger partial charge in [0.2, 0.25) is 11.8 Å². The van der Waals surface area contributed by atoms with Gasteiger partial charge in [-0.05, 0) is 49.7 Å². The molecule has 2 aromatic heterocycles. The molecule has 4 N–H and O–H groups in total. The Hall–Kier alpha value is -4.35. The topological polar surface area (TPSA) is 143 Å². The monoisotopic (exact) mass is 521 g/mol. The number of amides is 1. The Kier molecular flexibility index (Phi) is 7.99. The number of aromatic nitrogens is 3. The zero-order valence-corrected chi connectivity index (χ0v) is 20.9. The third-order valence-electron chi connectivity index (χ3n) is 5.94. The van der Waals surface area contributed by atoms with Crippen LogP contribution in [-0.4, -0.2) is 55.4 Å². The molecule has 1 fully saturated rings. The molecule has 3 heterocycles. The van der Waals surface area contributed by atoms with Crippen LogP contribution in [0, 0.1) is 5.82 Å². The molecule has 0 radical (unpaired) electrons. The number of hydrogen-bond acceptors (Lipinski definition) is 7. The molecular formula is C27H28FN5O5. The van der Waals surface area contributed by atoms with Gasteiger partial charge in [-0.15, -0.1) is 5.10 Å². The lowest BCUT2D eigenvalue weighted by Crippen LogP contribution is -2.27. The van der Waals surface area contributed by atoms with Gasteiger partial charge in [0.25, 0.3) is 0 Å². The van der Waals surface area contributed by atoms with E-state index in [-0.39, 0.29) is 23.9 Å². The van der Waals surface area contributed by atoms with E-state index in [4.69, 9.17) is 20.7 Å². The second kappa shape index (κ2) is 11.4. The molecule has 5 rings (SSSR count). The van der Waals surface area contributed by atoms with Gasteiger partial charge in [0.1, 0.15) is 18.0 Å². The lowest BCUT2D eigenvalue weighted by molar-refractivity contribution is -0.145. The number of anilines is 1. The first-order valence-electron chi connectivity index (χ1n) is 12.0. The van der Waals surface area contributed by atoms with Crippen LogP contribution >= 0.6 is 0 Å². The molecule has 0 saturated carbocycles. The SMILES string of the molecule is CC(O)C(=O)O.C[C@@H](Oc1ccc2ncc(-c3ccc(N4C[C@@H](N)CC4=O)cc3)n2n1)c1cccc(F)c1. The number of carbonyl (C=O) groups excluding carboxylic acids is 1. The number of carboxylic acid groups (broad SMARTS) is 1. The van der Waals surface area contributed by atoms with Crippen LogP contribution in [0.1, 0.15) is 31.9 Å². The van der Waals surface area contributed by atoms with Gasteiger partial charge in [0.05, 0.1) is 11.9 Å². The number of aliphatic carboxylic acids is 1. The van der Waals surface area contributed by atoms with Gasteiger partial charge in [-0.25, -0.2) is 18.7 Å². The van der Waals surface area contributed by atoms with Crippen molar-refractivity contribution in [2.24, 2.45) is 5.73 Å². The highest BCUT2D eigenvalue weighted by Gasteiger charge is 2.28. The van der Waals surface area contributed by atoms with E-state index in [1.54, 1.807) is 27.7 Å². The summed E-state index contributed by atoms with van der Waals surface area (Å²) in [6.45, 7) is 3.57. The molecule has 0 bridgehead atoms. The molecule has 38 heavy (non-hydrogen) atoms. The summed E-state index contributed by atoms with van der Waals surface area (Å²) in [5.41, 5.74) is 9.82. The van der Waals surface area contributed by atoms with Crippen LogP contribution < -0.4 is 15.4 Å². The first-order chi connectivity index (χ1) is 18.1. The van der Waals surface area contributed by atoms with Gasteiger partial charge < -0.3 is 25.6 Å². The molecule has 198 valence electrons. The fraction of sp³-hybridized carbons (Fsp3) is 0.259. The molecule has 11 heteroatoms. The lowest BCUT2D eigenvalue weighted by atomic mass is 10.1. The number of imidazole rings is 1. The van der Waals surface area contributed by atoms with Gasteiger partial charge in [-0.3, -0.25) is 4.79 Å². The fourth-order valence-electron chi connectivity index (χ4n) is 3.92. The highest BCUT2D eigenvalue weighted by molar-refractivity contribution is 5.96. The summed E-state index contributed by atoms with van der Waals surface area (Å²) in [5, 5.41) is 20.3. The van der Waals surface area contributed by atoms with Gasteiger partial charge in [0.15, 0.2) is 5.65 Å². The van der Waals surface area contributed by atoms with Crippen molar-refractivity contribution in [2.75, 3.05) is 11.4 Å². The Morgan fingerprint density at radius 2 is 1.87 bits per heavy atom. The summed E-state index contributed by atoms with van der Waals surface area (Å²) in [7, 11) is 0. The number of nitrogens with two attached hydrogens (primary N) is 1. The maximum Gasteiger partial charge on any atom is 0.332 e. The maximum absolute atomic E-state index is 13.5. The molecule has 10 nitrogen and oxygen atoms in total. The normalized spacial score (nSPS) is 16.6. The minimum Gasteiger partial charge on any atom is -0.479 e. The van der Waals surface area contributed by atoms with Crippen LogP contribution in [0.2, 0.25) is 0 Å². The number of carbonyl (C=O) groups is 2. The molecular weight excluding hydrogens is 493 g/mol. The second-order valence-electron chi connectivity index (χ2n) is 8.93. The number of carboxylic acids is 1. The number of fused-ring (bicyclic) bond motifs is 1. The molecule has 0 spiro atoms. The Balaban J connectivity index is 0.000000505. The van der Waals surface area contributed by atoms with E-state index in [1.165, 1.54) is 19.1 Å². The molecule has 1 aliphatic heterocycles. The van der Waals surface area contributed by atoms with Crippen LogP contribution in [0.5, 0.6) is 5.88 Å². The maximum atomic E-state index is 13.5. The van der Waals surface area contributed by atoms with E-state index in [0.717, 1.165) is 22.5 Å². The number of rotatable bonds is 6. The van der Waals surface area contributed by atoms with Crippen molar-refractivity contribution >= 4 is 23.2 Å². The summed E-state index contributed by atoms with van der Waals surface area (Å²) >= 11 is 0. The lowest BCUT2D eigenvalue weighted by Gasteiger charge is -2.16. The number of nitrogens with zero attached hydrogens (tertiary/aromatic N) is 4. The van der Waals surface area contributed by atoms with E-state index in [2.05, 4.69) is 10.1 Å². The van der Waals surface area contributed by atoms with Crippen molar-refractivity contribution < 1.29 is 28.9 Å². The van der Waals surface area contributed by atoms with Crippen molar-refractivity contribution in [1.29, 1.82) is 0 Å². The number of halogens is 1. The van der Waals surface area contributed by atoms with E-state index in [9.17, 15) is 14.0 Å². The zero-order chi connectivity index (χ0) is 27.4. The van der Waals surface area contributed by atoms with Crippen molar-refractivity contribution in [1.82, 2.24) is 14.6 Å². The van der Waals surface area contributed by atoms with E-state index in [1.807, 2.05) is 43.3 Å². The third kappa shape index (κ3) is 6.13. The van der Waals surface area contributed by atoms with Crippen LogP contribution in [-0.2, 0) is 9.59 Å². The highest BCUT2D eigenvalue weighted by atomic mass is 19.1. The molecule has 1 amide bonds. The van der Waals surface area contributed by atoms with E-state index < -0.39 is 12.1 Å². The predicted molar refractivity (Wildman–Crippen MR) is 138 cm³/mol. The minimum absolute atomic E-state index is 0.0379. The van der Waals surface area contributed by atoms with Crippen LogP contribution in [0.25, 0.3) is 16.9 Å². The quantitative estimate of drug-likeness (QED) is 0.351. The van der Waals surface area contributed by atoms with Gasteiger partial charge in [-0.2, -0.15) is 0 Å². The van der Waals surface area contributed by atoms with E-state index in [0.29, 0.717) is 24.5 Å². The number of aliphatic hydroxyl groups excluding tert-OH is 1. The summed E-state index contributed by atoms with van der Waals surface area (Å²) in [5.74, 6) is -1.05. The molecule has 1 saturated heterocycles. The highest BCUT2D eigenvalue weighted by Crippen LogP contribution is 2.27. The smallest absolute Gasteiger partial charge is 0.332 e. The molecule has 1 unspecified atom stereocenters. The minimum atomic E-state index is -1.23. The average Bonchev–Trinajstić information content (AvgIpc) is 3.46. The summed E-state index contributed by atoms with van der Waals surface area (Å²) in [6.07, 6.45) is 0.514.